The summed E-state index contributed by atoms with van der Waals surface area (Å²) in [4.78, 5) is 24.3. The first kappa shape index (κ1) is 21.0. The van der Waals surface area contributed by atoms with E-state index in [0.29, 0.717) is 5.02 Å². The topological polar surface area (TPSA) is 89.5 Å². The van der Waals surface area contributed by atoms with E-state index in [1.54, 1.807) is 0 Å². The van der Waals surface area contributed by atoms with Gasteiger partial charge in [-0.15, -0.1) is 0 Å². The van der Waals surface area contributed by atoms with Gasteiger partial charge in [0.1, 0.15) is 11.9 Å². The summed E-state index contributed by atoms with van der Waals surface area (Å²) in [6.07, 6.45) is -1.16. The van der Waals surface area contributed by atoms with E-state index in [-0.39, 0.29) is 10.5 Å². The fraction of sp³-hybridized carbons (Fsp3) is 0.222. The summed E-state index contributed by atoms with van der Waals surface area (Å²) in [6.45, 7) is 2.65. The van der Waals surface area contributed by atoms with Crippen LogP contribution < -0.4 is 4.72 Å². The van der Waals surface area contributed by atoms with Crippen LogP contribution in [0.2, 0.25) is 5.02 Å². The van der Waals surface area contributed by atoms with E-state index in [1.807, 2.05) is 0 Å². The molecule has 0 heterocycles. The van der Waals surface area contributed by atoms with E-state index < -0.39 is 39.7 Å². The number of nitrogens with one attached hydrogen (secondary N) is 1. The number of Topliss-reactive ketones (excluding diaryl/α,β-unsaturated/α-hetero) is 1. The summed E-state index contributed by atoms with van der Waals surface area (Å²) in [6, 6.07) is 8.95. The lowest BCUT2D eigenvalue weighted by molar-refractivity contribution is -0.147. The molecule has 2 aromatic rings. The molecule has 0 aliphatic rings. The van der Waals surface area contributed by atoms with Crippen molar-refractivity contribution in [2.45, 2.75) is 30.9 Å². The molecule has 2 atom stereocenters. The van der Waals surface area contributed by atoms with Crippen LogP contribution in [0.4, 0.5) is 4.39 Å². The lowest BCUT2D eigenvalue weighted by Gasteiger charge is -2.17. The molecule has 0 saturated heterocycles. The van der Waals surface area contributed by atoms with Gasteiger partial charge in [0.05, 0.1) is 4.90 Å². The third-order valence-corrected chi connectivity index (χ3v) is 5.41. The number of carbonyl (C=O) groups excluding carboxylic acids is 2. The predicted octanol–water partition coefficient (Wildman–Crippen LogP) is 2.96. The van der Waals surface area contributed by atoms with Crippen molar-refractivity contribution in [1.29, 1.82) is 0 Å². The minimum Gasteiger partial charge on any atom is -0.453 e. The maximum Gasteiger partial charge on any atom is 0.324 e. The van der Waals surface area contributed by atoms with E-state index in [0.717, 1.165) is 12.1 Å². The molecular weight excluding hydrogens is 397 g/mol. The number of sulfonamides is 1. The number of hydrogen-bond acceptors (Lipinski definition) is 5. The summed E-state index contributed by atoms with van der Waals surface area (Å²) >= 11 is 5.72. The van der Waals surface area contributed by atoms with Crippen LogP contribution >= 0.6 is 11.6 Å². The molecule has 27 heavy (non-hydrogen) atoms. The summed E-state index contributed by atoms with van der Waals surface area (Å²) < 4.78 is 44.7. The van der Waals surface area contributed by atoms with E-state index in [9.17, 15) is 22.4 Å². The molecule has 0 fully saturated rings. The lowest BCUT2D eigenvalue weighted by atomic mass is 10.1. The minimum atomic E-state index is -3.97. The minimum absolute atomic E-state index is 0.0676. The Morgan fingerprint density at radius 2 is 1.59 bits per heavy atom. The second kappa shape index (κ2) is 8.60. The van der Waals surface area contributed by atoms with Crippen molar-refractivity contribution in [2.75, 3.05) is 0 Å². The SMILES string of the molecule is C[C@H](NS(=O)(=O)c1ccc(Cl)cc1)C(=O)O[C@H](C)C(=O)c1ccc(F)cc1. The van der Waals surface area contributed by atoms with Crippen LogP contribution in [0.1, 0.15) is 24.2 Å². The first-order chi connectivity index (χ1) is 12.6. The molecule has 0 radical (unpaired) electrons. The van der Waals surface area contributed by atoms with Crippen LogP contribution in [0.5, 0.6) is 0 Å². The second-order valence-electron chi connectivity index (χ2n) is 5.75. The van der Waals surface area contributed by atoms with Crippen LogP contribution in [0.25, 0.3) is 0 Å². The number of rotatable bonds is 7. The van der Waals surface area contributed by atoms with Crippen molar-refractivity contribution in [1.82, 2.24) is 4.72 Å². The first-order valence-electron chi connectivity index (χ1n) is 7.88. The van der Waals surface area contributed by atoms with Gasteiger partial charge < -0.3 is 4.74 Å². The summed E-state index contributed by atoms with van der Waals surface area (Å²) in [5.74, 6) is -1.95. The van der Waals surface area contributed by atoms with Crippen LogP contribution in [0.15, 0.2) is 53.4 Å². The van der Waals surface area contributed by atoms with Crippen molar-refractivity contribution in [3.05, 3.63) is 64.9 Å². The van der Waals surface area contributed by atoms with Gasteiger partial charge in [-0.05, 0) is 62.4 Å². The molecule has 0 saturated carbocycles. The zero-order valence-electron chi connectivity index (χ0n) is 14.5. The molecule has 0 aliphatic carbocycles. The van der Waals surface area contributed by atoms with Crippen molar-refractivity contribution in [2.24, 2.45) is 0 Å². The Bertz CT molecular complexity index is 929. The lowest BCUT2D eigenvalue weighted by Crippen LogP contribution is -2.41. The van der Waals surface area contributed by atoms with E-state index in [2.05, 4.69) is 4.72 Å². The monoisotopic (exact) mass is 413 g/mol. The molecule has 0 aromatic heterocycles. The second-order valence-corrected chi connectivity index (χ2v) is 7.90. The van der Waals surface area contributed by atoms with Crippen molar-refractivity contribution < 1.29 is 27.1 Å². The van der Waals surface area contributed by atoms with Gasteiger partial charge in [0.15, 0.2) is 6.10 Å². The molecule has 1 N–H and O–H groups in total. The summed E-state index contributed by atoms with van der Waals surface area (Å²) in [5.41, 5.74) is 0.172. The number of esters is 1. The third kappa shape index (κ3) is 5.59. The maximum absolute atomic E-state index is 12.9. The molecule has 2 aromatic carbocycles. The summed E-state index contributed by atoms with van der Waals surface area (Å²) in [7, 11) is -3.97. The van der Waals surface area contributed by atoms with Crippen molar-refractivity contribution in [3.8, 4) is 0 Å². The molecular formula is C18H17ClFNO5S. The fourth-order valence-electron chi connectivity index (χ4n) is 2.14. The molecule has 6 nitrogen and oxygen atoms in total. The highest BCUT2D eigenvalue weighted by Gasteiger charge is 2.26. The standard InChI is InChI=1S/C18H17ClFNO5S/c1-11(21-27(24,25)16-9-5-14(19)6-10-16)18(23)26-12(2)17(22)13-3-7-15(20)8-4-13/h3-12,21H,1-2H3/t11-,12+/m0/s1. The van der Waals surface area contributed by atoms with Crippen LogP contribution in [0.3, 0.4) is 0 Å². The highest BCUT2D eigenvalue weighted by molar-refractivity contribution is 7.89. The Hall–Kier alpha value is -2.29. The van der Waals surface area contributed by atoms with Gasteiger partial charge >= 0.3 is 5.97 Å². The number of hydrogen-bond donors (Lipinski definition) is 1. The van der Waals surface area contributed by atoms with Gasteiger partial charge in [0.25, 0.3) is 0 Å². The quantitative estimate of drug-likeness (QED) is 0.556. The number of ether oxygens (including phenoxy) is 1. The van der Waals surface area contributed by atoms with Gasteiger partial charge in [-0.25, -0.2) is 12.8 Å². The summed E-state index contributed by atoms with van der Waals surface area (Å²) in [5, 5.41) is 0.370. The molecule has 2 rings (SSSR count). The van der Waals surface area contributed by atoms with Gasteiger partial charge in [-0.3, -0.25) is 9.59 Å². The molecule has 0 spiro atoms. The Balaban J connectivity index is 2.01. The van der Waals surface area contributed by atoms with E-state index in [4.69, 9.17) is 16.3 Å². The fourth-order valence-corrected chi connectivity index (χ4v) is 3.46. The smallest absolute Gasteiger partial charge is 0.324 e. The first-order valence-corrected chi connectivity index (χ1v) is 9.74. The molecule has 0 aliphatic heterocycles. The van der Waals surface area contributed by atoms with Gasteiger partial charge in [-0.1, -0.05) is 11.6 Å². The number of halogens is 2. The van der Waals surface area contributed by atoms with E-state index >= 15 is 0 Å². The van der Waals surface area contributed by atoms with Gasteiger partial charge in [0.2, 0.25) is 15.8 Å². The molecule has 9 heteroatoms. The Morgan fingerprint density at radius 1 is 1.04 bits per heavy atom. The highest BCUT2D eigenvalue weighted by Crippen LogP contribution is 2.15. The predicted molar refractivity (Wildman–Crippen MR) is 97.5 cm³/mol. The molecule has 0 bridgehead atoms. The number of ketones is 1. The molecule has 144 valence electrons. The Morgan fingerprint density at radius 3 is 2.15 bits per heavy atom. The van der Waals surface area contributed by atoms with E-state index in [1.165, 1.54) is 50.2 Å². The largest absolute Gasteiger partial charge is 0.453 e. The Kier molecular flexibility index (Phi) is 6.69. The van der Waals surface area contributed by atoms with Crippen LogP contribution in [-0.2, 0) is 19.6 Å². The zero-order valence-corrected chi connectivity index (χ0v) is 16.1. The molecule has 0 unspecified atom stereocenters. The number of carbonyl (C=O) groups is 2. The normalized spacial score (nSPS) is 13.6. The zero-order chi connectivity index (χ0) is 20.2. The third-order valence-electron chi connectivity index (χ3n) is 3.60. The van der Waals surface area contributed by atoms with Crippen LogP contribution in [-0.4, -0.2) is 32.3 Å². The van der Waals surface area contributed by atoms with Crippen molar-refractivity contribution in [3.63, 3.8) is 0 Å². The average molecular weight is 414 g/mol. The van der Waals surface area contributed by atoms with Crippen LogP contribution in [0, 0.1) is 5.82 Å². The van der Waals surface area contributed by atoms with Gasteiger partial charge in [0, 0.05) is 10.6 Å². The maximum atomic E-state index is 12.9. The highest BCUT2D eigenvalue weighted by atomic mass is 35.5. The van der Waals surface area contributed by atoms with Crippen molar-refractivity contribution >= 4 is 33.4 Å². The Labute approximate surface area is 161 Å². The molecule has 0 amide bonds. The number of benzene rings is 2. The van der Waals surface area contributed by atoms with Gasteiger partial charge in [-0.2, -0.15) is 4.72 Å². The average Bonchev–Trinajstić information content (AvgIpc) is 2.61.